The second-order valence-electron chi connectivity index (χ2n) is 3.23. The maximum Gasteiger partial charge on any atom is 0.224 e. The molecule has 1 unspecified atom stereocenters. The van der Waals surface area contributed by atoms with Gasteiger partial charge >= 0.3 is 0 Å². The van der Waals surface area contributed by atoms with Crippen LogP contribution in [0, 0.1) is 0 Å². The van der Waals surface area contributed by atoms with Gasteiger partial charge in [-0.3, -0.25) is 0 Å². The highest BCUT2D eigenvalue weighted by Crippen LogP contribution is 2.15. The van der Waals surface area contributed by atoms with E-state index in [1.54, 1.807) is 25.4 Å². The molecule has 6 heteroatoms. The molecular weight excluding hydrogens is 210 g/mol. The average Bonchev–Trinajstić information content (AvgIpc) is 2.29. The number of pyridine rings is 1. The fraction of sp³-hybridized carbons (Fsp3) is 0.400. The zero-order valence-electron chi connectivity index (χ0n) is 9.25. The van der Waals surface area contributed by atoms with E-state index in [1.165, 1.54) is 0 Å². The average molecular weight is 225 g/mol. The zero-order valence-corrected chi connectivity index (χ0v) is 9.25. The molecule has 0 bridgehead atoms. The molecule has 0 aromatic carbocycles. The van der Waals surface area contributed by atoms with Crippen molar-refractivity contribution in [2.75, 3.05) is 13.7 Å². The number of aromatic nitrogens is 1. The molecule has 3 N–H and O–H groups in total. The molecule has 1 rings (SSSR count). The summed E-state index contributed by atoms with van der Waals surface area (Å²) in [5.74, 6) is 0.287. The maximum absolute atomic E-state index is 8.61. The minimum atomic E-state index is -0.162. The van der Waals surface area contributed by atoms with Gasteiger partial charge in [0, 0.05) is 13.3 Å². The van der Waals surface area contributed by atoms with Crippen LogP contribution >= 0.6 is 0 Å². The molecule has 16 heavy (non-hydrogen) atoms. The van der Waals surface area contributed by atoms with Crippen LogP contribution in [0.25, 0.3) is 0 Å². The van der Waals surface area contributed by atoms with Gasteiger partial charge in [0.1, 0.15) is 6.10 Å². The Bertz CT molecular complexity index is 368. The van der Waals surface area contributed by atoms with Gasteiger partial charge in [0.15, 0.2) is 5.84 Å². The van der Waals surface area contributed by atoms with Crippen LogP contribution in [0.15, 0.2) is 23.5 Å². The van der Waals surface area contributed by atoms with Crippen molar-refractivity contribution in [2.45, 2.75) is 13.0 Å². The van der Waals surface area contributed by atoms with Crippen molar-refractivity contribution in [3.05, 3.63) is 23.9 Å². The topological polar surface area (TPSA) is 90.0 Å². The number of amidine groups is 1. The van der Waals surface area contributed by atoms with Crippen LogP contribution in [0.3, 0.4) is 0 Å². The van der Waals surface area contributed by atoms with Crippen LogP contribution in [-0.2, 0) is 4.74 Å². The number of rotatable bonds is 5. The van der Waals surface area contributed by atoms with Gasteiger partial charge in [0.25, 0.3) is 0 Å². The van der Waals surface area contributed by atoms with Crippen molar-refractivity contribution >= 4 is 5.84 Å². The second-order valence-corrected chi connectivity index (χ2v) is 3.23. The van der Waals surface area contributed by atoms with Crippen LogP contribution < -0.4 is 10.5 Å². The highest BCUT2D eigenvalue weighted by molar-refractivity contribution is 5.98. The molecule has 1 heterocycles. The van der Waals surface area contributed by atoms with Crippen molar-refractivity contribution in [1.29, 1.82) is 0 Å². The summed E-state index contributed by atoms with van der Waals surface area (Å²) in [5, 5.41) is 11.5. The van der Waals surface area contributed by atoms with Gasteiger partial charge in [-0.1, -0.05) is 5.16 Å². The summed E-state index contributed by atoms with van der Waals surface area (Å²) in [5.41, 5.74) is 5.95. The zero-order chi connectivity index (χ0) is 12.0. The molecule has 0 radical (unpaired) electrons. The third-order valence-corrected chi connectivity index (χ3v) is 1.87. The second kappa shape index (κ2) is 5.92. The lowest BCUT2D eigenvalue weighted by Gasteiger charge is -2.14. The van der Waals surface area contributed by atoms with E-state index in [0.29, 0.717) is 18.1 Å². The highest BCUT2D eigenvalue weighted by Gasteiger charge is 2.12. The Morgan fingerprint density at radius 2 is 2.44 bits per heavy atom. The van der Waals surface area contributed by atoms with Crippen LogP contribution in [0.1, 0.15) is 12.5 Å². The van der Waals surface area contributed by atoms with Gasteiger partial charge in [-0.25, -0.2) is 4.98 Å². The van der Waals surface area contributed by atoms with Crippen LogP contribution in [0.4, 0.5) is 0 Å². The largest absolute Gasteiger partial charge is 0.472 e. The van der Waals surface area contributed by atoms with Crippen molar-refractivity contribution < 1.29 is 14.7 Å². The first-order valence-electron chi connectivity index (χ1n) is 4.77. The Balaban J connectivity index is 2.87. The summed E-state index contributed by atoms with van der Waals surface area (Å²) in [6.07, 6.45) is 1.41. The molecule has 0 saturated heterocycles. The molecule has 0 aliphatic rings. The highest BCUT2D eigenvalue weighted by atomic mass is 16.5. The van der Waals surface area contributed by atoms with Crippen molar-refractivity contribution in [3.63, 3.8) is 0 Å². The van der Waals surface area contributed by atoms with Crippen LogP contribution in [0.5, 0.6) is 5.88 Å². The van der Waals surface area contributed by atoms with Gasteiger partial charge < -0.3 is 20.4 Å². The summed E-state index contributed by atoms with van der Waals surface area (Å²) in [6, 6.07) is 3.35. The van der Waals surface area contributed by atoms with Gasteiger partial charge in [-0.2, -0.15) is 0 Å². The lowest BCUT2D eigenvalue weighted by Crippen LogP contribution is -2.22. The summed E-state index contributed by atoms with van der Waals surface area (Å²) in [7, 11) is 1.59. The lowest BCUT2D eigenvalue weighted by atomic mass is 10.2. The Morgan fingerprint density at radius 3 is 3.06 bits per heavy atom. The summed E-state index contributed by atoms with van der Waals surface area (Å²) >= 11 is 0. The number of nitrogens with two attached hydrogens (primary N) is 1. The smallest absolute Gasteiger partial charge is 0.224 e. The Kier molecular flexibility index (Phi) is 4.53. The maximum atomic E-state index is 8.61. The first-order valence-corrected chi connectivity index (χ1v) is 4.77. The molecule has 0 saturated carbocycles. The molecule has 1 aromatic rings. The van der Waals surface area contributed by atoms with Gasteiger partial charge in [0.2, 0.25) is 5.88 Å². The Labute approximate surface area is 93.7 Å². The van der Waals surface area contributed by atoms with E-state index in [4.69, 9.17) is 20.4 Å². The van der Waals surface area contributed by atoms with Crippen LogP contribution in [-0.4, -0.2) is 35.8 Å². The predicted octanol–water partition coefficient (Wildman–Crippen LogP) is 0.590. The molecule has 0 amide bonds. The van der Waals surface area contributed by atoms with Gasteiger partial charge in [-0.15, -0.1) is 0 Å². The molecule has 88 valence electrons. The fourth-order valence-electron chi connectivity index (χ4n) is 1.19. The van der Waals surface area contributed by atoms with E-state index in [0.717, 1.165) is 0 Å². The van der Waals surface area contributed by atoms with E-state index < -0.39 is 0 Å². The van der Waals surface area contributed by atoms with E-state index in [9.17, 15) is 0 Å². The standard InChI is InChI=1S/C10H15N3O3/c1-7(6-15-2)16-10-8(9(11)13-14)4-3-5-12-10/h3-5,7,14H,6H2,1-2H3,(H2,11,13). The molecule has 1 aromatic heterocycles. The normalized spacial score (nSPS) is 13.5. The van der Waals surface area contributed by atoms with Crippen LogP contribution in [0.2, 0.25) is 0 Å². The molecule has 0 fully saturated rings. The Morgan fingerprint density at radius 1 is 1.69 bits per heavy atom. The Hall–Kier alpha value is -1.82. The summed E-state index contributed by atoms with van der Waals surface area (Å²) in [4.78, 5) is 4.02. The molecular formula is C10H15N3O3. The predicted molar refractivity (Wildman–Crippen MR) is 58.7 cm³/mol. The van der Waals surface area contributed by atoms with Gasteiger partial charge in [-0.05, 0) is 19.1 Å². The minimum absolute atomic E-state index is 0.0345. The third-order valence-electron chi connectivity index (χ3n) is 1.87. The first-order chi connectivity index (χ1) is 7.69. The lowest BCUT2D eigenvalue weighted by molar-refractivity contribution is 0.0888. The summed E-state index contributed by atoms with van der Waals surface area (Å²) in [6.45, 7) is 2.28. The first kappa shape index (κ1) is 12.3. The minimum Gasteiger partial charge on any atom is -0.472 e. The SMILES string of the molecule is COCC(C)Oc1ncccc1C(N)=NO. The molecule has 0 aliphatic carbocycles. The number of hydrogen-bond donors (Lipinski definition) is 2. The van der Waals surface area contributed by atoms with E-state index in [2.05, 4.69) is 10.1 Å². The van der Waals surface area contributed by atoms with Crippen molar-refractivity contribution in [1.82, 2.24) is 4.98 Å². The quantitative estimate of drug-likeness (QED) is 0.331. The number of methoxy groups -OCH3 is 1. The van der Waals surface area contributed by atoms with E-state index in [-0.39, 0.29) is 11.9 Å². The number of hydrogen-bond acceptors (Lipinski definition) is 5. The number of oxime groups is 1. The van der Waals surface area contributed by atoms with Crippen molar-refractivity contribution in [3.8, 4) is 5.88 Å². The van der Waals surface area contributed by atoms with E-state index in [1.807, 2.05) is 6.92 Å². The summed E-state index contributed by atoms with van der Waals surface area (Å²) < 4.78 is 10.4. The molecule has 1 atom stereocenters. The number of nitrogens with zero attached hydrogens (tertiary/aromatic N) is 2. The molecule has 0 aliphatic heterocycles. The monoisotopic (exact) mass is 225 g/mol. The third kappa shape index (κ3) is 3.09. The fourth-order valence-corrected chi connectivity index (χ4v) is 1.19. The number of ether oxygens (including phenoxy) is 2. The molecule has 0 spiro atoms. The van der Waals surface area contributed by atoms with E-state index >= 15 is 0 Å². The van der Waals surface area contributed by atoms with Gasteiger partial charge in [0.05, 0.1) is 12.2 Å². The van der Waals surface area contributed by atoms with Crippen molar-refractivity contribution in [2.24, 2.45) is 10.9 Å². The molecule has 6 nitrogen and oxygen atoms in total.